The second-order valence-corrected chi connectivity index (χ2v) is 5.42. The van der Waals surface area contributed by atoms with Crippen LogP contribution in [-0.4, -0.2) is 19.8 Å². The summed E-state index contributed by atoms with van der Waals surface area (Å²) in [7, 11) is -3.69. The molecule has 0 bridgehead atoms. The highest BCUT2D eigenvalue weighted by atomic mass is 32.2. The first kappa shape index (κ1) is 10.9. The standard InChI is InChI=1S/C8H16FNO2S/c9-7-5-3-1-2-4-6-8(7)13(10,11)12/h7-8H,1-6H2,(H2,10,11,12). The van der Waals surface area contributed by atoms with Gasteiger partial charge in [-0.15, -0.1) is 0 Å². The van der Waals surface area contributed by atoms with E-state index in [2.05, 4.69) is 0 Å². The van der Waals surface area contributed by atoms with Crippen molar-refractivity contribution in [1.82, 2.24) is 0 Å². The minimum absolute atomic E-state index is 0.334. The molecule has 0 aromatic carbocycles. The minimum Gasteiger partial charge on any atom is -0.246 e. The number of halogens is 1. The van der Waals surface area contributed by atoms with E-state index in [0.29, 0.717) is 12.8 Å². The van der Waals surface area contributed by atoms with Gasteiger partial charge < -0.3 is 0 Å². The lowest BCUT2D eigenvalue weighted by Crippen LogP contribution is -2.37. The van der Waals surface area contributed by atoms with Crippen molar-refractivity contribution in [3.05, 3.63) is 0 Å². The Morgan fingerprint density at radius 3 is 2.15 bits per heavy atom. The van der Waals surface area contributed by atoms with Gasteiger partial charge in [-0.2, -0.15) is 0 Å². The van der Waals surface area contributed by atoms with Crippen LogP contribution < -0.4 is 5.14 Å². The van der Waals surface area contributed by atoms with Crippen LogP contribution in [-0.2, 0) is 10.0 Å². The number of primary sulfonamides is 1. The molecule has 0 radical (unpaired) electrons. The maximum absolute atomic E-state index is 13.3. The van der Waals surface area contributed by atoms with E-state index < -0.39 is 21.4 Å². The predicted molar refractivity (Wildman–Crippen MR) is 49.5 cm³/mol. The molecule has 5 heteroatoms. The molecule has 0 heterocycles. The van der Waals surface area contributed by atoms with Gasteiger partial charge >= 0.3 is 0 Å². The van der Waals surface area contributed by atoms with Crippen molar-refractivity contribution in [2.75, 3.05) is 0 Å². The summed E-state index contributed by atoms with van der Waals surface area (Å²) in [4.78, 5) is 0. The molecule has 1 rings (SSSR count). The number of hydrogen-bond donors (Lipinski definition) is 1. The van der Waals surface area contributed by atoms with Crippen molar-refractivity contribution in [2.24, 2.45) is 5.14 Å². The van der Waals surface area contributed by atoms with Crippen molar-refractivity contribution in [2.45, 2.75) is 49.9 Å². The van der Waals surface area contributed by atoms with E-state index in [0.717, 1.165) is 25.7 Å². The molecule has 1 fully saturated rings. The molecule has 1 aliphatic carbocycles. The van der Waals surface area contributed by atoms with Gasteiger partial charge in [0.2, 0.25) is 10.0 Å². The van der Waals surface area contributed by atoms with Gasteiger partial charge in [0, 0.05) is 0 Å². The Labute approximate surface area is 78.6 Å². The summed E-state index contributed by atoms with van der Waals surface area (Å²) in [5.74, 6) is 0. The van der Waals surface area contributed by atoms with Crippen LogP contribution in [0.2, 0.25) is 0 Å². The fraction of sp³-hybridized carbons (Fsp3) is 1.00. The molecule has 0 aromatic rings. The number of hydrogen-bond acceptors (Lipinski definition) is 2. The molecule has 1 aliphatic rings. The third-order valence-corrected chi connectivity index (χ3v) is 3.92. The number of sulfonamides is 1. The van der Waals surface area contributed by atoms with Gasteiger partial charge in [-0.3, -0.25) is 0 Å². The maximum Gasteiger partial charge on any atom is 0.214 e. The highest BCUT2D eigenvalue weighted by molar-refractivity contribution is 7.89. The second-order valence-electron chi connectivity index (χ2n) is 3.64. The monoisotopic (exact) mass is 209 g/mol. The largest absolute Gasteiger partial charge is 0.246 e. The van der Waals surface area contributed by atoms with Gasteiger partial charge in [0.25, 0.3) is 0 Å². The lowest BCUT2D eigenvalue weighted by Gasteiger charge is -2.21. The number of nitrogens with two attached hydrogens (primary N) is 1. The molecular formula is C8H16FNO2S. The molecule has 3 nitrogen and oxygen atoms in total. The van der Waals surface area contributed by atoms with Crippen LogP contribution in [0.3, 0.4) is 0 Å². The summed E-state index contributed by atoms with van der Waals surface area (Å²) in [6, 6.07) is 0. The third kappa shape index (κ3) is 3.23. The Morgan fingerprint density at radius 2 is 1.62 bits per heavy atom. The topological polar surface area (TPSA) is 60.2 Å². The van der Waals surface area contributed by atoms with Crippen molar-refractivity contribution < 1.29 is 12.8 Å². The van der Waals surface area contributed by atoms with Crippen LogP contribution in [0.15, 0.2) is 0 Å². The van der Waals surface area contributed by atoms with Crippen molar-refractivity contribution in [1.29, 1.82) is 0 Å². The fourth-order valence-electron chi connectivity index (χ4n) is 1.78. The Morgan fingerprint density at radius 1 is 1.08 bits per heavy atom. The van der Waals surface area contributed by atoms with Crippen molar-refractivity contribution in [3.63, 3.8) is 0 Å². The zero-order valence-corrected chi connectivity index (χ0v) is 8.39. The molecule has 0 spiro atoms. The smallest absolute Gasteiger partial charge is 0.214 e. The Balaban J connectivity index is 2.67. The fourth-order valence-corrected chi connectivity index (χ4v) is 2.82. The first-order valence-electron chi connectivity index (χ1n) is 4.67. The van der Waals surface area contributed by atoms with E-state index in [1.807, 2.05) is 0 Å². The summed E-state index contributed by atoms with van der Waals surface area (Å²) < 4.78 is 35.3. The van der Waals surface area contributed by atoms with Crippen LogP contribution in [0, 0.1) is 0 Å². The van der Waals surface area contributed by atoms with Gasteiger partial charge in [0.1, 0.15) is 11.4 Å². The lowest BCUT2D eigenvalue weighted by molar-refractivity contribution is 0.269. The molecule has 0 aromatic heterocycles. The van der Waals surface area contributed by atoms with E-state index in [1.165, 1.54) is 0 Å². The molecule has 78 valence electrons. The van der Waals surface area contributed by atoms with E-state index in [-0.39, 0.29) is 0 Å². The summed E-state index contributed by atoms with van der Waals surface area (Å²) in [5, 5.41) is 3.99. The van der Waals surface area contributed by atoms with Gasteiger partial charge in [-0.05, 0) is 12.8 Å². The lowest BCUT2D eigenvalue weighted by atomic mass is 9.99. The third-order valence-electron chi connectivity index (χ3n) is 2.54. The first-order valence-corrected chi connectivity index (χ1v) is 6.28. The molecule has 2 unspecified atom stereocenters. The molecule has 2 N–H and O–H groups in total. The molecule has 1 saturated carbocycles. The van der Waals surface area contributed by atoms with Crippen molar-refractivity contribution in [3.8, 4) is 0 Å². The predicted octanol–water partition coefficient (Wildman–Crippen LogP) is 1.34. The zero-order chi connectivity index (χ0) is 9.90. The van der Waals surface area contributed by atoms with E-state index in [4.69, 9.17) is 5.14 Å². The highest BCUT2D eigenvalue weighted by Crippen LogP contribution is 2.23. The van der Waals surface area contributed by atoms with Crippen LogP contribution in [0.25, 0.3) is 0 Å². The molecule has 2 atom stereocenters. The average molecular weight is 209 g/mol. The van der Waals surface area contributed by atoms with Gasteiger partial charge in [0.05, 0.1) is 0 Å². The van der Waals surface area contributed by atoms with Crippen LogP contribution >= 0.6 is 0 Å². The van der Waals surface area contributed by atoms with Crippen LogP contribution in [0.5, 0.6) is 0 Å². The number of alkyl halides is 1. The van der Waals surface area contributed by atoms with Gasteiger partial charge in [-0.25, -0.2) is 17.9 Å². The Hall–Kier alpha value is -0.160. The quantitative estimate of drug-likeness (QED) is 0.708. The second kappa shape index (κ2) is 4.37. The number of rotatable bonds is 1. The van der Waals surface area contributed by atoms with Crippen LogP contribution in [0.4, 0.5) is 4.39 Å². The Kier molecular flexibility index (Phi) is 3.67. The summed E-state index contributed by atoms with van der Waals surface area (Å²) in [6.45, 7) is 0. The van der Waals surface area contributed by atoms with Crippen molar-refractivity contribution >= 4 is 10.0 Å². The van der Waals surface area contributed by atoms with E-state index in [9.17, 15) is 12.8 Å². The normalized spacial score (nSPS) is 32.2. The first-order chi connectivity index (χ1) is 6.02. The SMILES string of the molecule is NS(=O)(=O)C1CCCCCCC1F. The maximum atomic E-state index is 13.3. The highest BCUT2D eigenvalue weighted by Gasteiger charge is 2.31. The zero-order valence-electron chi connectivity index (χ0n) is 7.58. The summed E-state index contributed by atoms with van der Waals surface area (Å²) >= 11 is 0. The minimum atomic E-state index is -3.69. The van der Waals surface area contributed by atoms with Gasteiger partial charge in [-0.1, -0.05) is 25.7 Å². The van der Waals surface area contributed by atoms with Crippen LogP contribution in [0.1, 0.15) is 38.5 Å². The summed E-state index contributed by atoms with van der Waals surface area (Å²) in [5.41, 5.74) is 0. The Bertz CT molecular complexity index is 253. The summed E-state index contributed by atoms with van der Waals surface area (Å²) in [6.07, 6.45) is 2.96. The molecule has 0 amide bonds. The molecule has 13 heavy (non-hydrogen) atoms. The van der Waals surface area contributed by atoms with E-state index >= 15 is 0 Å². The molecule has 0 saturated heterocycles. The van der Waals surface area contributed by atoms with E-state index in [1.54, 1.807) is 0 Å². The molecular weight excluding hydrogens is 193 g/mol. The average Bonchev–Trinajstić information content (AvgIpc) is 1.94. The molecule has 0 aliphatic heterocycles. The van der Waals surface area contributed by atoms with Gasteiger partial charge in [0.15, 0.2) is 0 Å².